The van der Waals surface area contributed by atoms with Crippen LogP contribution in [0.1, 0.15) is 63.0 Å². The summed E-state index contributed by atoms with van der Waals surface area (Å²) in [7, 11) is 0. The van der Waals surface area contributed by atoms with E-state index in [2.05, 4.69) is 16.1 Å². The van der Waals surface area contributed by atoms with E-state index in [1.54, 1.807) is 49.9 Å². The van der Waals surface area contributed by atoms with E-state index in [9.17, 15) is 38.3 Å². The Morgan fingerprint density at radius 3 is 2.62 bits per heavy atom. The number of hydrogen-bond acceptors (Lipinski definition) is 10. The molecule has 0 unspecified atom stereocenters. The van der Waals surface area contributed by atoms with Gasteiger partial charge in [0.05, 0.1) is 54.2 Å². The standard InChI is InChI=1S/C36H37F3N6O6S/c1-33(2,3)51-32(48)43-18-23(15-34(43,4)20-46)42-9-10-50-28-12-21(16-40)11-26(30(28)42)25-5-8-45(49)27-14-24(52-31(25)27)19-44-29(47)13-22(17-41-44)35(6-7-35)36(37,38)39/h5,8,11-14,17,23,46H,6-7,9-10,15,18-20H2,1-4H3/t23-,34+/m0/s1. The Balaban J connectivity index is 1.27. The Morgan fingerprint density at radius 1 is 1.23 bits per heavy atom. The van der Waals surface area contributed by atoms with Crippen LogP contribution in [-0.4, -0.2) is 75.5 Å². The van der Waals surface area contributed by atoms with E-state index in [0.717, 1.165) is 16.9 Å². The molecule has 7 rings (SSSR count). The number of pyridine rings is 1. The number of halogens is 3. The van der Waals surface area contributed by atoms with Gasteiger partial charge in [0, 0.05) is 52.9 Å². The Kier molecular flexibility index (Phi) is 8.45. The van der Waals surface area contributed by atoms with E-state index in [1.165, 1.54) is 17.5 Å². The highest BCUT2D eigenvalue weighted by atomic mass is 32.1. The normalized spacial score (nSPS) is 21.1. The van der Waals surface area contributed by atoms with Gasteiger partial charge >= 0.3 is 12.3 Å². The molecule has 5 heterocycles. The second kappa shape index (κ2) is 12.4. The van der Waals surface area contributed by atoms with Crippen molar-refractivity contribution in [2.45, 2.75) is 82.3 Å². The summed E-state index contributed by atoms with van der Waals surface area (Å²) >= 11 is 1.23. The van der Waals surface area contributed by atoms with Crippen molar-refractivity contribution in [2.75, 3.05) is 31.2 Å². The van der Waals surface area contributed by atoms with Crippen LogP contribution < -0.4 is 19.9 Å². The van der Waals surface area contributed by atoms with E-state index >= 15 is 0 Å². The average Bonchev–Trinajstić information content (AvgIpc) is 3.69. The number of thiophene rings is 1. The third-order valence-corrected chi connectivity index (χ3v) is 11.3. The number of anilines is 1. The fourth-order valence-electron chi connectivity index (χ4n) is 7.30. The van der Waals surface area contributed by atoms with Gasteiger partial charge < -0.3 is 24.7 Å². The summed E-state index contributed by atoms with van der Waals surface area (Å²) in [4.78, 5) is 30.5. The molecule has 3 aliphatic rings. The minimum Gasteiger partial charge on any atom is -0.618 e. The van der Waals surface area contributed by atoms with Crippen LogP contribution in [0.15, 0.2) is 47.5 Å². The van der Waals surface area contributed by atoms with Gasteiger partial charge in [-0.25, -0.2) is 9.48 Å². The quantitative estimate of drug-likeness (QED) is 0.207. The Morgan fingerprint density at radius 2 is 1.98 bits per heavy atom. The number of fused-ring (bicyclic) bond motifs is 2. The van der Waals surface area contributed by atoms with Crippen molar-refractivity contribution in [2.24, 2.45) is 0 Å². The van der Waals surface area contributed by atoms with Crippen LogP contribution in [0.5, 0.6) is 5.75 Å². The van der Waals surface area contributed by atoms with Gasteiger partial charge in [-0.2, -0.15) is 28.3 Å². The van der Waals surface area contributed by atoms with Crippen molar-refractivity contribution in [3.8, 4) is 22.9 Å². The second-order valence-electron chi connectivity index (χ2n) is 14.9. The van der Waals surface area contributed by atoms with Crippen LogP contribution in [0, 0.1) is 16.5 Å². The summed E-state index contributed by atoms with van der Waals surface area (Å²) in [6.07, 6.45) is -2.33. The number of carbonyl (C=O) groups is 1. The summed E-state index contributed by atoms with van der Waals surface area (Å²) in [5.74, 6) is 0.452. The molecule has 4 aromatic rings. The van der Waals surface area contributed by atoms with E-state index in [1.807, 2.05) is 6.92 Å². The van der Waals surface area contributed by atoms with E-state index in [-0.39, 0.29) is 44.1 Å². The molecule has 1 saturated carbocycles. The van der Waals surface area contributed by atoms with Crippen LogP contribution in [0.25, 0.3) is 21.3 Å². The van der Waals surface area contributed by atoms with E-state index < -0.39 is 34.4 Å². The number of nitrogens with zero attached hydrogens (tertiary/aromatic N) is 6. The van der Waals surface area contributed by atoms with Gasteiger partial charge in [-0.3, -0.25) is 9.69 Å². The van der Waals surface area contributed by atoms with Crippen LogP contribution in [-0.2, 0) is 16.7 Å². The van der Waals surface area contributed by atoms with Crippen LogP contribution in [0.2, 0.25) is 0 Å². The first kappa shape index (κ1) is 35.5. The van der Waals surface area contributed by atoms with Gasteiger partial charge in [-0.05, 0) is 58.6 Å². The summed E-state index contributed by atoms with van der Waals surface area (Å²) < 4.78 is 55.2. The van der Waals surface area contributed by atoms with E-state index in [0.29, 0.717) is 67.5 Å². The number of benzene rings is 1. The number of amides is 1. The molecule has 16 heteroatoms. The number of carbonyl (C=O) groups excluding carboxylic acids is 1. The minimum atomic E-state index is -4.48. The van der Waals surface area contributed by atoms with Crippen molar-refractivity contribution >= 4 is 33.3 Å². The van der Waals surface area contributed by atoms with Crippen LogP contribution >= 0.6 is 11.3 Å². The monoisotopic (exact) mass is 738 g/mol. The zero-order valence-electron chi connectivity index (χ0n) is 29.0. The SMILES string of the molecule is CC(C)(C)OC(=O)N1C[C@@H](N2CCOc3cc(C#N)cc(-c4cc[n+]([O-])c5cc(Cn6ncc(C7(C(F)(F)F)CC7)cc6=O)sc45)c32)C[C@]1(C)CO. The second-order valence-corrected chi connectivity index (χ2v) is 16.1. The average molecular weight is 739 g/mol. The van der Waals surface area contributed by atoms with Crippen molar-refractivity contribution < 1.29 is 37.3 Å². The first-order valence-electron chi connectivity index (χ1n) is 16.9. The predicted octanol–water partition coefficient (Wildman–Crippen LogP) is 5.23. The fraction of sp³-hybridized carbons (Fsp3) is 0.472. The molecular formula is C36H37F3N6O6S. The lowest BCUT2D eigenvalue weighted by Crippen LogP contribution is -2.49. The topological polar surface area (TPSA) is 148 Å². The molecule has 2 aliphatic heterocycles. The molecule has 274 valence electrons. The first-order valence-corrected chi connectivity index (χ1v) is 17.7. The van der Waals surface area contributed by atoms with Gasteiger partial charge in [-0.1, -0.05) is 0 Å². The highest BCUT2D eigenvalue weighted by Gasteiger charge is 2.64. The molecule has 12 nitrogen and oxygen atoms in total. The number of aliphatic hydroxyl groups excluding tert-OH is 1. The number of alkyl halides is 3. The molecule has 3 aromatic heterocycles. The largest absolute Gasteiger partial charge is 0.618 e. The highest BCUT2D eigenvalue weighted by molar-refractivity contribution is 7.19. The molecular weight excluding hydrogens is 701 g/mol. The Labute approximate surface area is 300 Å². The number of rotatable bonds is 6. The summed E-state index contributed by atoms with van der Waals surface area (Å²) in [6.45, 7) is 7.78. The lowest BCUT2D eigenvalue weighted by atomic mass is 9.95. The van der Waals surface area contributed by atoms with Gasteiger partial charge in [0.2, 0.25) is 5.52 Å². The van der Waals surface area contributed by atoms with Crippen molar-refractivity contribution in [3.63, 3.8) is 0 Å². The zero-order valence-corrected chi connectivity index (χ0v) is 29.8. The lowest BCUT2D eigenvalue weighted by molar-refractivity contribution is -0.576. The molecule has 1 N–H and O–H groups in total. The molecule has 0 radical (unpaired) electrons. The molecule has 1 saturated heterocycles. The summed E-state index contributed by atoms with van der Waals surface area (Å²) in [5.41, 5.74) is -2.02. The molecule has 0 bridgehead atoms. The number of aromatic nitrogens is 3. The number of aliphatic hydroxyl groups is 1. The summed E-state index contributed by atoms with van der Waals surface area (Å²) in [6, 6.07) is 9.54. The Hall–Kier alpha value is -4.88. The van der Waals surface area contributed by atoms with Crippen molar-refractivity contribution in [1.82, 2.24) is 14.7 Å². The van der Waals surface area contributed by atoms with Gasteiger partial charge in [-0.15, -0.1) is 11.3 Å². The Bertz CT molecular complexity index is 2190. The molecule has 1 aromatic carbocycles. The lowest BCUT2D eigenvalue weighted by Gasteiger charge is -2.37. The van der Waals surface area contributed by atoms with E-state index in [4.69, 9.17) is 9.47 Å². The van der Waals surface area contributed by atoms with Crippen LogP contribution in [0.4, 0.5) is 23.7 Å². The minimum absolute atomic E-state index is 0.0786. The predicted molar refractivity (Wildman–Crippen MR) is 185 cm³/mol. The molecule has 52 heavy (non-hydrogen) atoms. The number of likely N-dealkylation sites (tertiary alicyclic amines) is 1. The van der Waals surface area contributed by atoms with Gasteiger partial charge in [0.25, 0.3) is 5.56 Å². The highest BCUT2D eigenvalue weighted by Crippen LogP contribution is 2.58. The zero-order chi connectivity index (χ0) is 37.4. The molecule has 0 spiro atoms. The number of ether oxygens (including phenoxy) is 2. The summed E-state index contributed by atoms with van der Waals surface area (Å²) in [5, 5.41) is 37.6. The fourth-order valence-corrected chi connectivity index (χ4v) is 8.46. The molecule has 1 amide bonds. The molecule has 1 aliphatic carbocycles. The molecule has 2 fully saturated rings. The maximum absolute atomic E-state index is 13.7. The first-order chi connectivity index (χ1) is 24.5. The third kappa shape index (κ3) is 6.09. The maximum atomic E-state index is 13.7. The maximum Gasteiger partial charge on any atom is 0.410 e. The van der Waals surface area contributed by atoms with Crippen molar-refractivity contribution in [1.29, 1.82) is 5.26 Å². The smallest absolute Gasteiger partial charge is 0.410 e. The number of hydrogen-bond donors (Lipinski definition) is 1. The van der Waals surface area contributed by atoms with Crippen LogP contribution in [0.3, 0.4) is 0 Å². The van der Waals surface area contributed by atoms with Gasteiger partial charge in [0.15, 0.2) is 6.20 Å². The third-order valence-electron chi connectivity index (χ3n) is 10.1. The van der Waals surface area contributed by atoms with Gasteiger partial charge in [0.1, 0.15) is 22.7 Å². The van der Waals surface area contributed by atoms with Crippen molar-refractivity contribution in [3.05, 3.63) is 74.3 Å². The number of nitriles is 1. The molecule has 2 atom stereocenters.